The van der Waals surface area contributed by atoms with E-state index in [1.165, 1.54) is 17.7 Å². The van der Waals surface area contributed by atoms with Gasteiger partial charge in [-0.3, -0.25) is 25.0 Å². The van der Waals surface area contributed by atoms with Gasteiger partial charge >= 0.3 is 11.4 Å². The van der Waals surface area contributed by atoms with Gasteiger partial charge in [0.2, 0.25) is 5.91 Å². The van der Waals surface area contributed by atoms with Crippen LogP contribution in [0.5, 0.6) is 0 Å². The molecule has 3 rings (SSSR count). The monoisotopic (exact) mass is 379 g/mol. The third kappa shape index (κ3) is 4.29. The summed E-state index contributed by atoms with van der Waals surface area (Å²) in [5, 5.41) is 21.8. The highest BCUT2D eigenvalue weighted by atomic mass is 16.6. The maximum absolute atomic E-state index is 12.3. The quantitative estimate of drug-likeness (QED) is 0.341. The lowest BCUT2D eigenvalue weighted by Gasteiger charge is -2.27. The topological polar surface area (TPSA) is 107 Å². The summed E-state index contributed by atoms with van der Waals surface area (Å²) < 4.78 is 0. The minimum absolute atomic E-state index is 0.117. The van der Waals surface area contributed by atoms with Crippen LogP contribution in [-0.2, 0) is 17.8 Å². The van der Waals surface area contributed by atoms with Gasteiger partial charge in [-0.2, -0.15) is 0 Å². The average molecular weight is 379 g/mol. The third-order valence-corrected chi connectivity index (χ3v) is 4.47. The van der Waals surface area contributed by atoms with E-state index in [0.29, 0.717) is 18.7 Å². The molecule has 142 valence electrons. The standard InChI is InChI=1S/C20H17N3O5/c24-20(21-12-11-16-6-2-3-7-17(16)14-21)8-4-1-5-15-9-10-18(22(25)26)19(13-15)23(27)28/h1-10,13H,11-12,14H2/b5-1+,8-4+. The fourth-order valence-corrected chi connectivity index (χ4v) is 3.04. The molecule has 0 aromatic heterocycles. The molecule has 8 nitrogen and oxygen atoms in total. The Kier molecular flexibility index (Phi) is 5.59. The van der Waals surface area contributed by atoms with E-state index >= 15 is 0 Å². The number of carbonyl (C=O) groups excluding carboxylic acids is 1. The second-order valence-electron chi connectivity index (χ2n) is 6.26. The summed E-state index contributed by atoms with van der Waals surface area (Å²) >= 11 is 0. The van der Waals surface area contributed by atoms with Crippen molar-refractivity contribution in [3.63, 3.8) is 0 Å². The van der Waals surface area contributed by atoms with Crippen molar-refractivity contribution in [2.45, 2.75) is 13.0 Å². The van der Waals surface area contributed by atoms with Gasteiger partial charge in [0.15, 0.2) is 0 Å². The van der Waals surface area contributed by atoms with Crippen LogP contribution in [0, 0.1) is 20.2 Å². The number of nitro benzene ring substituents is 2. The molecule has 0 saturated carbocycles. The number of nitrogens with zero attached hydrogens (tertiary/aromatic N) is 3. The smallest absolute Gasteiger partial charge is 0.334 e. The van der Waals surface area contributed by atoms with Crippen molar-refractivity contribution in [2.24, 2.45) is 0 Å². The number of allylic oxidation sites excluding steroid dienone is 2. The molecule has 2 aromatic rings. The van der Waals surface area contributed by atoms with Crippen LogP contribution in [0.4, 0.5) is 11.4 Å². The van der Waals surface area contributed by atoms with Crippen molar-refractivity contribution in [1.29, 1.82) is 0 Å². The number of rotatable bonds is 5. The van der Waals surface area contributed by atoms with Crippen molar-refractivity contribution in [3.05, 3.63) is 97.6 Å². The summed E-state index contributed by atoms with van der Waals surface area (Å²) in [5.74, 6) is -0.117. The zero-order valence-corrected chi connectivity index (χ0v) is 14.9. The molecule has 28 heavy (non-hydrogen) atoms. The van der Waals surface area contributed by atoms with Gasteiger partial charge in [0, 0.05) is 31.3 Å². The Hall–Kier alpha value is -3.81. The molecule has 0 radical (unpaired) electrons. The first-order chi connectivity index (χ1) is 13.5. The van der Waals surface area contributed by atoms with E-state index in [1.54, 1.807) is 23.1 Å². The number of fused-ring (bicyclic) bond motifs is 1. The van der Waals surface area contributed by atoms with Crippen molar-refractivity contribution < 1.29 is 14.6 Å². The lowest BCUT2D eigenvalue weighted by Crippen LogP contribution is -2.34. The first-order valence-corrected chi connectivity index (χ1v) is 8.59. The molecule has 0 aliphatic carbocycles. The summed E-state index contributed by atoms with van der Waals surface area (Å²) in [6.45, 7) is 1.22. The zero-order chi connectivity index (χ0) is 20.1. The van der Waals surface area contributed by atoms with Crippen LogP contribution in [0.3, 0.4) is 0 Å². The third-order valence-electron chi connectivity index (χ3n) is 4.47. The van der Waals surface area contributed by atoms with Crippen LogP contribution in [0.15, 0.2) is 60.7 Å². The van der Waals surface area contributed by atoms with Crippen LogP contribution < -0.4 is 0 Å². The number of benzene rings is 2. The minimum atomic E-state index is -0.791. The van der Waals surface area contributed by atoms with Gasteiger partial charge in [0.25, 0.3) is 0 Å². The molecule has 1 amide bonds. The van der Waals surface area contributed by atoms with Crippen molar-refractivity contribution in [3.8, 4) is 0 Å². The van der Waals surface area contributed by atoms with Crippen LogP contribution in [-0.4, -0.2) is 27.2 Å². The summed E-state index contributed by atoms with van der Waals surface area (Å²) in [4.78, 5) is 34.3. The highest BCUT2D eigenvalue weighted by Gasteiger charge is 2.23. The molecule has 8 heteroatoms. The van der Waals surface area contributed by atoms with Crippen LogP contribution in [0.25, 0.3) is 6.08 Å². The summed E-state index contributed by atoms with van der Waals surface area (Å²) in [6.07, 6.45) is 6.92. The van der Waals surface area contributed by atoms with E-state index in [1.807, 2.05) is 18.2 Å². The van der Waals surface area contributed by atoms with Gasteiger partial charge in [-0.15, -0.1) is 0 Å². The average Bonchev–Trinajstić information content (AvgIpc) is 2.70. The summed E-state index contributed by atoms with van der Waals surface area (Å²) in [6, 6.07) is 11.7. The van der Waals surface area contributed by atoms with E-state index in [4.69, 9.17) is 0 Å². The van der Waals surface area contributed by atoms with Crippen molar-refractivity contribution >= 4 is 23.4 Å². The van der Waals surface area contributed by atoms with Gasteiger partial charge in [-0.1, -0.05) is 42.5 Å². The maximum atomic E-state index is 12.3. The predicted molar refractivity (Wildman–Crippen MR) is 103 cm³/mol. The Morgan fingerprint density at radius 3 is 2.39 bits per heavy atom. The molecule has 0 atom stereocenters. The van der Waals surface area contributed by atoms with E-state index in [-0.39, 0.29) is 5.91 Å². The van der Waals surface area contributed by atoms with E-state index < -0.39 is 21.2 Å². The number of carbonyl (C=O) groups is 1. The lowest BCUT2D eigenvalue weighted by molar-refractivity contribution is -0.422. The van der Waals surface area contributed by atoms with Crippen molar-refractivity contribution in [2.75, 3.05) is 6.54 Å². The summed E-state index contributed by atoms with van der Waals surface area (Å²) in [5.41, 5.74) is 1.71. The highest BCUT2D eigenvalue weighted by Crippen LogP contribution is 2.28. The normalized spacial score (nSPS) is 13.6. The molecule has 0 bridgehead atoms. The van der Waals surface area contributed by atoms with Gasteiger partial charge < -0.3 is 4.90 Å². The van der Waals surface area contributed by atoms with Crippen LogP contribution in [0.2, 0.25) is 0 Å². The fourth-order valence-electron chi connectivity index (χ4n) is 3.04. The molecule has 0 fully saturated rings. The molecule has 1 aliphatic heterocycles. The molecule has 2 aromatic carbocycles. The Labute approximate surface area is 160 Å². The minimum Gasteiger partial charge on any atom is -0.334 e. The van der Waals surface area contributed by atoms with Crippen LogP contribution in [0.1, 0.15) is 16.7 Å². The van der Waals surface area contributed by atoms with E-state index in [9.17, 15) is 25.0 Å². The van der Waals surface area contributed by atoms with Crippen LogP contribution >= 0.6 is 0 Å². The highest BCUT2D eigenvalue weighted by molar-refractivity contribution is 5.88. The molecule has 0 N–H and O–H groups in total. The second kappa shape index (κ2) is 8.26. The molecule has 1 heterocycles. The number of nitro groups is 2. The SMILES string of the molecule is O=C(/C=C/C=C/c1ccc([N+](=O)[O-])c([N+](=O)[O-])c1)N1CCc2ccccc2C1. The first-order valence-electron chi connectivity index (χ1n) is 8.59. The van der Waals surface area contributed by atoms with Crippen molar-refractivity contribution in [1.82, 2.24) is 4.90 Å². The fraction of sp³-hybridized carbons (Fsp3) is 0.150. The van der Waals surface area contributed by atoms with Gasteiger partial charge in [0.05, 0.1) is 9.85 Å². The lowest BCUT2D eigenvalue weighted by atomic mass is 10.00. The molecular formula is C20H17N3O5. The second-order valence-corrected chi connectivity index (χ2v) is 6.26. The number of hydrogen-bond donors (Lipinski definition) is 0. The largest absolute Gasteiger partial charge is 0.346 e. The molecule has 0 saturated heterocycles. The summed E-state index contributed by atoms with van der Waals surface area (Å²) in [7, 11) is 0. The van der Waals surface area contributed by atoms with E-state index in [2.05, 4.69) is 6.07 Å². The van der Waals surface area contributed by atoms with Gasteiger partial charge in [-0.05, 0) is 29.2 Å². The van der Waals surface area contributed by atoms with Gasteiger partial charge in [-0.25, -0.2) is 0 Å². The maximum Gasteiger partial charge on any atom is 0.346 e. The Balaban J connectivity index is 1.65. The molecule has 1 aliphatic rings. The van der Waals surface area contributed by atoms with E-state index in [0.717, 1.165) is 24.1 Å². The van der Waals surface area contributed by atoms with Gasteiger partial charge in [0.1, 0.15) is 0 Å². The molecule has 0 unspecified atom stereocenters. The Morgan fingerprint density at radius 2 is 1.68 bits per heavy atom. The first kappa shape index (κ1) is 19.0. The zero-order valence-electron chi connectivity index (χ0n) is 14.9. The Bertz CT molecular complexity index is 997. The Morgan fingerprint density at radius 1 is 0.964 bits per heavy atom. The predicted octanol–water partition coefficient (Wildman–Crippen LogP) is 3.66. The molecule has 0 spiro atoms. The molecular weight excluding hydrogens is 362 g/mol. The number of hydrogen-bond acceptors (Lipinski definition) is 5. The number of amides is 1.